The van der Waals surface area contributed by atoms with Gasteiger partial charge in [-0.25, -0.2) is 0 Å². The van der Waals surface area contributed by atoms with E-state index in [4.69, 9.17) is 0 Å². The predicted octanol–water partition coefficient (Wildman–Crippen LogP) is 16.3. The number of hydrogen-bond acceptors (Lipinski definition) is 3. The van der Waals surface area contributed by atoms with Gasteiger partial charge in [-0.15, -0.1) is 0 Å². The monoisotopic (exact) mass is 794 g/mol. The topological polar surface area (TPSA) is 14.7 Å². The summed E-state index contributed by atoms with van der Waals surface area (Å²) in [6, 6.07) is 91.2. The lowest BCUT2D eigenvalue weighted by Gasteiger charge is -2.27. The maximum absolute atomic E-state index is 2.41. The maximum Gasteiger partial charge on any atom is 0.0542 e. The van der Waals surface area contributed by atoms with Crippen molar-refractivity contribution in [1.82, 2.24) is 4.57 Å². The molecule has 4 heteroatoms. The molecule has 0 bridgehead atoms. The normalized spacial score (nSPS) is 11.2. The zero-order valence-electron chi connectivity index (χ0n) is 34.0. The van der Waals surface area contributed by atoms with E-state index in [2.05, 4.69) is 274 Å². The third-order valence-corrected chi connectivity index (χ3v) is 11.7. The van der Waals surface area contributed by atoms with Crippen molar-refractivity contribution in [3.8, 4) is 5.69 Å². The zero-order valence-corrected chi connectivity index (χ0v) is 34.0. The second-order valence-corrected chi connectivity index (χ2v) is 15.4. The van der Waals surface area contributed by atoms with Crippen molar-refractivity contribution < 1.29 is 0 Å². The van der Waals surface area contributed by atoms with Crippen molar-refractivity contribution in [3.63, 3.8) is 0 Å². The fourth-order valence-electron chi connectivity index (χ4n) is 8.92. The van der Waals surface area contributed by atoms with Crippen LogP contribution in [0.15, 0.2) is 255 Å². The lowest BCUT2D eigenvalue weighted by atomic mass is 10.1. The summed E-state index contributed by atoms with van der Waals surface area (Å²) in [5.74, 6) is 0. The highest BCUT2D eigenvalue weighted by Crippen LogP contribution is 2.44. The Morgan fingerprint density at radius 2 is 0.597 bits per heavy atom. The first kappa shape index (κ1) is 36.7. The van der Waals surface area contributed by atoms with Gasteiger partial charge in [0.2, 0.25) is 0 Å². The van der Waals surface area contributed by atoms with Crippen LogP contribution in [0.5, 0.6) is 0 Å². The molecule has 11 rings (SSSR count). The molecule has 0 saturated heterocycles. The molecule has 0 N–H and O–H groups in total. The van der Waals surface area contributed by atoms with Gasteiger partial charge in [0, 0.05) is 67.3 Å². The summed E-state index contributed by atoms with van der Waals surface area (Å²) in [6.45, 7) is 0. The number of rotatable bonds is 10. The van der Waals surface area contributed by atoms with E-state index < -0.39 is 0 Å². The molecule has 1 aromatic heterocycles. The molecule has 0 spiro atoms. The van der Waals surface area contributed by atoms with E-state index in [1.807, 2.05) is 0 Å². The van der Waals surface area contributed by atoms with E-state index in [0.717, 1.165) is 67.9 Å². The SMILES string of the molecule is c1ccc(N(c2ccccc2)c2ccc3c(c2)c2cc(N(c4ccccc4)c4ccccc4)ccc2n3-c2ccc(N(c3ccccc3)c3cccc4ccccc34)cc2)cc1. The molecule has 62 heavy (non-hydrogen) atoms. The fraction of sp³-hybridized carbons (Fsp3) is 0. The molecule has 11 aromatic rings. The third kappa shape index (κ3) is 6.70. The van der Waals surface area contributed by atoms with E-state index in [-0.39, 0.29) is 0 Å². The van der Waals surface area contributed by atoms with Gasteiger partial charge < -0.3 is 19.3 Å². The van der Waals surface area contributed by atoms with Crippen LogP contribution in [0, 0.1) is 0 Å². The Hall–Kier alpha value is -8.34. The van der Waals surface area contributed by atoms with E-state index in [1.54, 1.807) is 0 Å². The molecule has 0 saturated carbocycles. The highest BCUT2D eigenvalue weighted by molar-refractivity contribution is 6.12. The Kier molecular flexibility index (Phi) is 9.49. The van der Waals surface area contributed by atoms with Crippen LogP contribution in [0.25, 0.3) is 38.3 Å². The molecule has 0 aliphatic carbocycles. The van der Waals surface area contributed by atoms with Crippen LogP contribution in [0.4, 0.5) is 51.2 Å². The Balaban J connectivity index is 1.11. The minimum atomic E-state index is 1.09. The van der Waals surface area contributed by atoms with Crippen molar-refractivity contribution in [1.29, 1.82) is 0 Å². The quantitative estimate of drug-likeness (QED) is 0.137. The first-order valence-electron chi connectivity index (χ1n) is 21.1. The minimum Gasteiger partial charge on any atom is -0.310 e. The van der Waals surface area contributed by atoms with Crippen LogP contribution >= 0.6 is 0 Å². The Bertz CT molecular complexity index is 3050. The fourth-order valence-corrected chi connectivity index (χ4v) is 8.92. The summed E-state index contributed by atoms with van der Waals surface area (Å²) in [6.07, 6.45) is 0. The molecule has 0 aliphatic heterocycles. The molecule has 10 aromatic carbocycles. The summed E-state index contributed by atoms with van der Waals surface area (Å²) in [5, 5.41) is 4.76. The van der Waals surface area contributed by atoms with Crippen molar-refractivity contribution >= 4 is 83.8 Å². The Morgan fingerprint density at radius 3 is 1.05 bits per heavy atom. The molecule has 4 nitrogen and oxygen atoms in total. The van der Waals surface area contributed by atoms with E-state index in [0.29, 0.717) is 0 Å². The lowest BCUT2D eigenvalue weighted by Crippen LogP contribution is -2.10. The number of anilines is 9. The largest absolute Gasteiger partial charge is 0.310 e. The molecule has 0 radical (unpaired) electrons. The average molecular weight is 795 g/mol. The van der Waals surface area contributed by atoms with Crippen LogP contribution < -0.4 is 14.7 Å². The van der Waals surface area contributed by atoms with Gasteiger partial charge in [-0.3, -0.25) is 0 Å². The first-order chi connectivity index (χ1) is 30.8. The van der Waals surface area contributed by atoms with Crippen LogP contribution in [-0.2, 0) is 0 Å². The number of hydrogen-bond donors (Lipinski definition) is 0. The summed E-state index contributed by atoms with van der Waals surface area (Å²) in [7, 11) is 0. The second kappa shape index (κ2) is 16.0. The lowest BCUT2D eigenvalue weighted by molar-refractivity contribution is 1.17. The summed E-state index contributed by atoms with van der Waals surface area (Å²) in [4.78, 5) is 7.04. The summed E-state index contributed by atoms with van der Waals surface area (Å²) < 4.78 is 2.41. The molecule has 0 fully saturated rings. The molecule has 0 amide bonds. The van der Waals surface area contributed by atoms with Crippen LogP contribution in [0.3, 0.4) is 0 Å². The second-order valence-electron chi connectivity index (χ2n) is 15.4. The maximum atomic E-state index is 2.41. The Morgan fingerprint density at radius 1 is 0.242 bits per heavy atom. The van der Waals surface area contributed by atoms with Crippen molar-refractivity contribution in [3.05, 3.63) is 255 Å². The molecule has 0 aliphatic rings. The average Bonchev–Trinajstić information content (AvgIpc) is 3.67. The zero-order chi connectivity index (χ0) is 41.2. The van der Waals surface area contributed by atoms with Crippen LogP contribution in [0.1, 0.15) is 0 Å². The molecule has 1 heterocycles. The van der Waals surface area contributed by atoms with E-state index in [1.165, 1.54) is 21.5 Å². The minimum absolute atomic E-state index is 1.09. The van der Waals surface area contributed by atoms with Crippen molar-refractivity contribution in [2.75, 3.05) is 14.7 Å². The molecule has 0 unspecified atom stereocenters. The van der Waals surface area contributed by atoms with Gasteiger partial charge in [0.1, 0.15) is 0 Å². The van der Waals surface area contributed by atoms with Gasteiger partial charge in [0.25, 0.3) is 0 Å². The smallest absolute Gasteiger partial charge is 0.0542 e. The van der Waals surface area contributed by atoms with Gasteiger partial charge >= 0.3 is 0 Å². The Labute approximate surface area is 362 Å². The van der Waals surface area contributed by atoms with Crippen LogP contribution in [0.2, 0.25) is 0 Å². The van der Waals surface area contributed by atoms with Gasteiger partial charge in [-0.05, 0) is 133 Å². The van der Waals surface area contributed by atoms with Crippen molar-refractivity contribution in [2.45, 2.75) is 0 Å². The predicted molar refractivity (Wildman–Crippen MR) is 262 cm³/mol. The van der Waals surface area contributed by atoms with Crippen molar-refractivity contribution in [2.24, 2.45) is 0 Å². The number of nitrogens with zero attached hydrogens (tertiary/aromatic N) is 4. The number of para-hydroxylation sites is 5. The summed E-state index contributed by atoms with van der Waals surface area (Å²) in [5.41, 5.74) is 13.3. The van der Waals surface area contributed by atoms with Crippen LogP contribution in [-0.4, -0.2) is 4.57 Å². The number of benzene rings is 10. The highest BCUT2D eigenvalue weighted by Gasteiger charge is 2.21. The highest BCUT2D eigenvalue weighted by atomic mass is 15.2. The standard InChI is InChI=1S/C58H42N4/c1-6-21-44(22-7-1)59(45-23-8-2-9-24-45)51-37-39-57-54(41-51)55-42-52(60(46-25-10-3-11-26-46)47-27-12-4-13-28-47)38-40-58(55)62(57)50-35-33-49(34-36-50)61(48-29-14-5-15-30-48)56-32-18-20-43-19-16-17-31-53(43)56/h1-42H. The molecular formula is C58H42N4. The number of fused-ring (bicyclic) bond motifs is 4. The summed E-state index contributed by atoms with van der Waals surface area (Å²) >= 11 is 0. The first-order valence-corrected chi connectivity index (χ1v) is 21.1. The third-order valence-electron chi connectivity index (χ3n) is 11.7. The van der Waals surface area contributed by atoms with E-state index in [9.17, 15) is 0 Å². The van der Waals surface area contributed by atoms with Gasteiger partial charge in [-0.2, -0.15) is 0 Å². The van der Waals surface area contributed by atoms with Gasteiger partial charge in [0.05, 0.1) is 16.7 Å². The van der Waals surface area contributed by atoms with Gasteiger partial charge in [0.15, 0.2) is 0 Å². The molecular weight excluding hydrogens is 753 g/mol. The molecule has 0 atom stereocenters. The molecule has 294 valence electrons. The van der Waals surface area contributed by atoms with E-state index >= 15 is 0 Å². The number of aromatic nitrogens is 1. The van der Waals surface area contributed by atoms with Gasteiger partial charge in [-0.1, -0.05) is 127 Å².